The van der Waals surface area contributed by atoms with Crippen molar-refractivity contribution in [1.29, 1.82) is 0 Å². The summed E-state index contributed by atoms with van der Waals surface area (Å²) < 4.78 is 31.7. The van der Waals surface area contributed by atoms with E-state index in [4.69, 9.17) is 15.0 Å². The van der Waals surface area contributed by atoms with E-state index in [0.717, 1.165) is 7.11 Å². The lowest BCUT2D eigenvalue weighted by molar-refractivity contribution is -0.192. The van der Waals surface area contributed by atoms with Crippen molar-refractivity contribution in [2.75, 3.05) is 7.11 Å². The molecule has 0 aromatic heterocycles. The van der Waals surface area contributed by atoms with Crippen LogP contribution >= 0.6 is 0 Å². The lowest BCUT2D eigenvalue weighted by Gasteiger charge is -1.93. The molecule has 3 nitrogen and oxygen atoms in total. The largest absolute Gasteiger partial charge is 0.490 e. The number of carbonyl (C=O) groups is 1. The van der Waals surface area contributed by atoms with Gasteiger partial charge in [-0.3, -0.25) is 0 Å². The van der Waals surface area contributed by atoms with Crippen LogP contribution in [0, 0.1) is 6.92 Å². The van der Waals surface area contributed by atoms with Gasteiger partial charge in [-0.1, -0.05) is 35.9 Å². The van der Waals surface area contributed by atoms with E-state index < -0.39 is 12.1 Å². The maximum Gasteiger partial charge on any atom is 0.490 e. The molecule has 0 bridgehead atoms. The molecule has 0 radical (unpaired) electrons. The van der Waals surface area contributed by atoms with Crippen molar-refractivity contribution in [2.24, 2.45) is 0 Å². The van der Waals surface area contributed by atoms with Crippen molar-refractivity contribution in [3.05, 3.63) is 35.9 Å². The van der Waals surface area contributed by atoms with Gasteiger partial charge in [-0.05, 0) is 6.92 Å². The minimum absolute atomic E-state index is 1.00. The van der Waals surface area contributed by atoms with Crippen LogP contribution in [0.25, 0.3) is 0 Å². The number of aliphatic hydroxyl groups is 1. The molecule has 0 saturated carbocycles. The van der Waals surface area contributed by atoms with Gasteiger partial charge < -0.3 is 10.2 Å². The Morgan fingerprint density at radius 2 is 1.44 bits per heavy atom. The van der Waals surface area contributed by atoms with E-state index in [1.807, 2.05) is 18.2 Å². The molecule has 0 unspecified atom stereocenters. The van der Waals surface area contributed by atoms with Gasteiger partial charge in [0.1, 0.15) is 0 Å². The molecule has 1 aromatic rings. The van der Waals surface area contributed by atoms with Gasteiger partial charge in [0, 0.05) is 7.11 Å². The van der Waals surface area contributed by atoms with Gasteiger partial charge in [0.05, 0.1) is 0 Å². The van der Waals surface area contributed by atoms with E-state index in [9.17, 15) is 13.2 Å². The van der Waals surface area contributed by atoms with Crippen LogP contribution < -0.4 is 0 Å². The van der Waals surface area contributed by atoms with E-state index in [1.165, 1.54) is 5.56 Å². The Bertz CT molecular complexity index is 283. The van der Waals surface area contributed by atoms with Crippen molar-refractivity contribution in [1.82, 2.24) is 0 Å². The first-order valence-electron chi connectivity index (χ1n) is 4.10. The van der Waals surface area contributed by atoms with E-state index in [-0.39, 0.29) is 0 Å². The summed E-state index contributed by atoms with van der Waals surface area (Å²) >= 11 is 0. The number of rotatable bonds is 0. The Balaban J connectivity index is 0. The number of carboxylic acids is 1. The second kappa shape index (κ2) is 8.72. The van der Waals surface area contributed by atoms with Gasteiger partial charge in [-0.2, -0.15) is 13.2 Å². The Labute approximate surface area is 91.1 Å². The summed E-state index contributed by atoms with van der Waals surface area (Å²) in [5.41, 5.74) is 1.32. The Hall–Kier alpha value is -1.56. The second-order valence-electron chi connectivity index (χ2n) is 2.46. The van der Waals surface area contributed by atoms with Crippen LogP contribution in [0.2, 0.25) is 0 Å². The first kappa shape index (κ1) is 16.9. The quantitative estimate of drug-likeness (QED) is 0.728. The molecule has 0 heterocycles. The summed E-state index contributed by atoms with van der Waals surface area (Å²) in [6.45, 7) is 2.08. The van der Waals surface area contributed by atoms with Gasteiger partial charge in [0.15, 0.2) is 0 Å². The number of aliphatic carboxylic acids is 1. The summed E-state index contributed by atoms with van der Waals surface area (Å²) in [7, 11) is 1.00. The fraction of sp³-hybridized carbons (Fsp3) is 0.300. The SMILES string of the molecule is CO.Cc1ccccc1.O=C(O)C(F)(F)F. The van der Waals surface area contributed by atoms with Crippen molar-refractivity contribution < 1.29 is 28.2 Å². The molecule has 2 N–H and O–H groups in total. The lowest BCUT2D eigenvalue weighted by Crippen LogP contribution is -2.21. The summed E-state index contributed by atoms with van der Waals surface area (Å²) in [6.07, 6.45) is -5.08. The van der Waals surface area contributed by atoms with Crippen LogP contribution in [0.15, 0.2) is 30.3 Å². The van der Waals surface area contributed by atoms with Crippen molar-refractivity contribution in [3.8, 4) is 0 Å². The van der Waals surface area contributed by atoms with Gasteiger partial charge in [-0.25, -0.2) is 4.79 Å². The average molecular weight is 238 g/mol. The third kappa shape index (κ3) is 10.5. The molecule has 92 valence electrons. The maximum absolute atomic E-state index is 10.6. The van der Waals surface area contributed by atoms with Crippen molar-refractivity contribution in [3.63, 3.8) is 0 Å². The molecule has 0 aliphatic rings. The zero-order chi connectivity index (χ0) is 13.2. The zero-order valence-electron chi connectivity index (χ0n) is 8.82. The molecular formula is C10H13F3O3. The number of hydrogen-bond acceptors (Lipinski definition) is 2. The van der Waals surface area contributed by atoms with Gasteiger partial charge in [-0.15, -0.1) is 0 Å². The minimum atomic E-state index is -5.08. The van der Waals surface area contributed by atoms with Crippen LogP contribution in [0.3, 0.4) is 0 Å². The zero-order valence-corrected chi connectivity index (χ0v) is 8.82. The highest BCUT2D eigenvalue weighted by Crippen LogP contribution is 2.13. The number of carboxylic acid groups (broad SMARTS) is 1. The number of aryl methyl sites for hydroxylation is 1. The van der Waals surface area contributed by atoms with E-state index in [1.54, 1.807) is 0 Å². The molecule has 0 saturated heterocycles. The number of hydrogen-bond donors (Lipinski definition) is 2. The van der Waals surface area contributed by atoms with Crippen LogP contribution in [0.4, 0.5) is 13.2 Å². The Morgan fingerprint density at radius 3 is 1.56 bits per heavy atom. The third-order valence-corrected chi connectivity index (χ3v) is 1.18. The number of benzene rings is 1. The van der Waals surface area contributed by atoms with E-state index >= 15 is 0 Å². The fourth-order valence-corrected chi connectivity index (χ4v) is 0.534. The summed E-state index contributed by atoms with van der Waals surface area (Å²) in [5.74, 6) is -2.76. The molecule has 0 aliphatic carbocycles. The molecule has 0 aliphatic heterocycles. The predicted octanol–water partition coefficient (Wildman–Crippen LogP) is 2.24. The summed E-state index contributed by atoms with van der Waals surface area (Å²) in [6, 6.07) is 10.3. The second-order valence-corrected chi connectivity index (χ2v) is 2.46. The molecule has 16 heavy (non-hydrogen) atoms. The molecule has 0 atom stereocenters. The first-order valence-corrected chi connectivity index (χ1v) is 4.10. The number of alkyl halides is 3. The third-order valence-electron chi connectivity index (χ3n) is 1.18. The van der Waals surface area contributed by atoms with Crippen LogP contribution in [-0.2, 0) is 4.79 Å². The molecule has 6 heteroatoms. The van der Waals surface area contributed by atoms with E-state index in [0.29, 0.717) is 0 Å². The smallest absolute Gasteiger partial charge is 0.475 e. The summed E-state index contributed by atoms with van der Waals surface area (Å²) in [5, 5.41) is 14.1. The number of aliphatic hydroxyl groups excluding tert-OH is 1. The topological polar surface area (TPSA) is 57.5 Å². The molecule has 0 spiro atoms. The first-order chi connectivity index (χ1) is 7.34. The maximum atomic E-state index is 10.6. The highest BCUT2D eigenvalue weighted by molar-refractivity contribution is 5.73. The van der Waals surface area contributed by atoms with E-state index in [2.05, 4.69) is 19.1 Å². The molecular weight excluding hydrogens is 225 g/mol. The monoisotopic (exact) mass is 238 g/mol. The fourth-order valence-electron chi connectivity index (χ4n) is 0.534. The van der Waals surface area contributed by atoms with Gasteiger partial charge in [0.25, 0.3) is 0 Å². The minimum Gasteiger partial charge on any atom is -0.475 e. The van der Waals surface area contributed by atoms with Crippen LogP contribution in [-0.4, -0.2) is 29.5 Å². The molecule has 1 rings (SSSR count). The lowest BCUT2D eigenvalue weighted by atomic mass is 10.2. The average Bonchev–Trinajstić information content (AvgIpc) is 2.21. The highest BCUT2D eigenvalue weighted by Gasteiger charge is 2.38. The predicted molar refractivity (Wildman–Crippen MR) is 53.0 cm³/mol. The van der Waals surface area contributed by atoms with Gasteiger partial charge >= 0.3 is 12.1 Å². The Morgan fingerprint density at radius 1 is 1.12 bits per heavy atom. The van der Waals surface area contributed by atoms with Crippen LogP contribution in [0.1, 0.15) is 5.56 Å². The van der Waals surface area contributed by atoms with Crippen molar-refractivity contribution in [2.45, 2.75) is 13.1 Å². The standard InChI is InChI=1S/C7H8.C2HF3O2.CH4O/c1-7-5-3-2-4-6-7;3-2(4,5)1(6)7;1-2/h2-6H,1H3;(H,6,7);2H,1H3. The Kier molecular flexibility index (Phi) is 9.19. The molecule has 0 fully saturated rings. The normalized spacial score (nSPS) is 9.12. The van der Waals surface area contributed by atoms with Crippen molar-refractivity contribution >= 4 is 5.97 Å². The number of halogens is 3. The highest BCUT2D eigenvalue weighted by atomic mass is 19.4. The molecule has 0 amide bonds. The van der Waals surface area contributed by atoms with Crippen LogP contribution in [0.5, 0.6) is 0 Å². The van der Waals surface area contributed by atoms with Gasteiger partial charge in [0.2, 0.25) is 0 Å². The molecule has 1 aromatic carbocycles. The summed E-state index contributed by atoms with van der Waals surface area (Å²) in [4.78, 5) is 8.90.